The Morgan fingerprint density at radius 3 is 2.72 bits per heavy atom. The van der Waals surface area contributed by atoms with Gasteiger partial charge in [-0.25, -0.2) is 4.79 Å². The van der Waals surface area contributed by atoms with Crippen LogP contribution in [0.3, 0.4) is 0 Å². The van der Waals surface area contributed by atoms with Crippen molar-refractivity contribution in [2.75, 3.05) is 6.61 Å². The molecule has 98 valence electrons. The third kappa shape index (κ3) is 1.60. The monoisotopic (exact) mass is 318 g/mol. The van der Waals surface area contributed by atoms with Gasteiger partial charge in [0.1, 0.15) is 18.3 Å². The number of hydrogen-bond donors (Lipinski definition) is 1. The van der Waals surface area contributed by atoms with Crippen LogP contribution in [-0.2, 0) is 16.5 Å². The first kappa shape index (κ1) is 12.1. The number of rotatable bonds is 2. The van der Waals surface area contributed by atoms with Crippen molar-refractivity contribution in [1.29, 1.82) is 0 Å². The highest BCUT2D eigenvalue weighted by atomic mass is 79.9. The molecule has 3 rings (SSSR count). The van der Waals surface area contributed by atoms with Gasteiger partial charge in [0.2, 0.25) is 0 Å². The van der Waals surface area contributed by atoms with Crippen LogP contribution in [-0.4, -0.2) is 39.2 Å². The minimum absolute atomic E-state index is 0.153. The number of halogens is 1. The third-order valence-corrected chi connectivity index (χ3v) is 3.79. The molecule has 0 aromatic carbocycles. The van der Waals surface area contributed by atoms with Crippen LogP contribution in [0.15, 0.2) is 20.3 Å². The van der Waals surface area contributed by atoms with E-state index in [0.717, 1.165) is 4.57 Å². The number of aliphatic hydroxyl groups is 1. The summed E-state index contributed by atoms with van der Waals surface area (Å²) in [6, 6.07) is 0. The van der Waals surface area contributed by atoms with E-state index in [-0.39, 0.29) is 23.3 Å². The van der Waals surface area contributed by atoms with Crippen molar-refractivity contribution in [1.82, 2.24) is 9.13 Å². The largest absolute Gasteiger partial charge is 0.394 e. The molecule has 0 spiro atoms. The second-order valence-corrected chi connectivity index (χ2v) is 5.20. The predicted octanol–water partition coefficient (Wildman–Crippen LogP) is -1.03. The van der Waals surface area contributed by atoms with Gasteiger partial charge in [-0.15, -0.1) is 0 Å². The Kier molecular flexibility index (Phi) is 2.70. The van der Waals surface area contributed by atoms with Gasteiger partial charge in [0.05, 0.1) is 11.1 Å². The summed E-state index contributed by atoms with van der Waals surface area (Å²) < 4.78 is 13.5. The first-order valence-corrected chi connectivity index (χ1v) is 6.23. The van der Waals surface area contributed by atoms with Gasteiger partial charge >= 0.3 is 5.69 Å². The molecule has 0 aliphatic carbocycles. The standard InChI is InChI=1S/C10H11BrN2O5/c1-12-8(15)4(11)2-13(10(12)16)9-7-6(18-7)5(3-14)17-9/h2,5-7,9,14H,3H2,1H3/t5-,6-,7-,9+/m0/s1. The Balaban J connectivity index is 2.04. The first-order chi connectivity index (χ1) is 8.54. The minimum Gasteiger partial charge on any atom is -0.394 e. The number of fused-ring (bicyclic) bond motifs is 1. The molecule has 2 aliphatic heterocycles. The molecule has 18 heavy (non-hydrogen) atoms. The molecule has 1 N–H and O–H groups in total. The highest BCUT2D eigenvalue weighted by Crippen LogP contribution is 2.44. The zero-order chi connectivity index (χ0) is 13.0. The smallest absolute Gasteiger partial charge is 0.332 e. The molecular formula is C10H11BrN2O5. The van der Waals surface area contributed by atoms with Crippen molar-refractivity contribution in [3.8, 4) is 0 Å². The summed E-state index contributed by atoms with van der Waals surface area (Å²) in [4.78, 5) is 23.6. The molecule has 0 saturated carbocycles. The predicted molar refractivity (Wildman–Crippen MR) is 63.3 cm³/mol. The van der Waals surface area contributed by atoms with Crippen molar-refractivity contribution in [2.24, 2.45) is 7.05 Å². The van der Waals surface area contributed by atoms with Gasteiger partial charge in [0, 0.05) is 13.2 Å². The Morgan fingerprint density at radius 2 is 2.11 bits per heavy atom. The van der Waals surface area contributed by atoms with E-state index in [1.165, 1.54) is 17.8 Å². The fourth-order valence-electron chi connectivity index (χ4n) is 2.20. The maximum Gasteiger partial charge on any atom is 0.332 e. The van der Waals surface area contributed by atoms with E-state index in [1.54, 1.807) is 0 Å². The maximum atomic E-state index is 12.0. The molecule has 4 atom stereocenters. The average Bonchev–Trinajstić information content (AvgIpc) is 3.07. The summed E-state index contributed by atoms with van der Waals surface area (Å²) in [6.07, 6.45) is -0.00814. The summed E-state index contributed by atoms with van der Waals surface area (Å²) in [5, 5.41) is 9.09. The second-order valence-electron chi connectivity index (χ2n) is 4.34. The number of ether oxygens (including phenoxy) is 2. The van der Waals surface area contributed by atoms with Crippen LogP contribution in [0.4, 0.5) is 0 Å². The molecule has 3 heterocycles. The van der Waals surface area contributed by atoms with E-state index in [0.29, 0.717) is 0 Å². The molecule has 0 amide bonds. The van der Waals surface area contributed by atoms with E-state index in [1.807, 2.05) is 0 Å². The van der Waals surface area contributed by atoms with Crippen LogP contribution in [0.5, 0.6) is 0 Å². The van der Waals surface area contributed by atoms with Gasteiger partial charge in [-0.3, -0.25) is 13.9 Å². The molecule has 0 unspecified atom stereocenters. The zero-order valence-corrected chi connectivity index (χ0v) is 11.0. The van der Waals surface area contributed by atoms with Gasteiger partial charge in [-0.2, -0.15) is 0 Å². The topological polar surface area (TPSA) is 86.0 Å². The van der Waals surface area contributed by atoms with Crippen molar-refractivity contribution in [3.63, 3.8) is 0 Å². The zero-order valence-electron chi connectivity index (χ0n) is 9.45. The van der Waals surface area contributed by atoms with Gasteiger partial charge in [0.15, 0.2) is 6.23 Å². The molecule has 2 aliphatic rings. The van der Waals surface area contributed by atoms with Crippen molar-refractivity contribution in [2.45, 2.75) is 24.5 Å². The average molecular weight is 319 g/mol. The summed E-state index contributed by atoms with van der Waals surface area (Å²) in [7, 11) is 1.40. The van der Waals surface area contributed by atoms with E-state index in [4.69, 9.17) is 14.6 Å². The van der Waals surface area contributed by atoms with E-state index in [2.05, 4.69) is 15.9 Å². The van der Waals surface area contributed by atoms with Crippen molar-refractivity contribution in [3.05, 3.63) is 31.5 Å². The van der Waals surface area contributed by atoms with Gasteiger partial charge in [0.25, 0.3) is 5.56 Å². The SMILES string of the molecule is Cn1c(=O)c(Br)cn([C@@H]2O[C@@H](CO)[C@@H]3O[C@@H]32)c1=O. The molecule has 2 fully saturated rings. The molecule has 1 aromatic heterocycles. The number of hydrogen-bond acceptors (Lipinski definition) is 5. The lowest BCUT2D eigenvalue weighted by molar-refractivity contribution is -0.0860. The van der Waals surface area contributed by atoms with Crippen LogP contribution in [0.1, 0.15) is 6.23 Å². The number of nitrogens with zero attached hydrogens (tertiary/aromatic N) is 2. The first-order valence-electron chi connectivity index (χ1n) is 5.44. The third-order valence-electron chi connectivity index (χ3n) is 3.25. The van der Waals surface area contributed by atoms with Gasteiger partial charge in [-0.1, -0.05) is 0 Å². The Hall–Kier alpha value is -0.960. The number of aliphatic hydroxyl groups excluding tert-OH is 1. The molecule has 0 radical (unpaired) electrons. The Labute approximate surface area is 110 Å². The lowest BCUT2D eigenvalue weighted by Crippen LogP contribution is -2.41. The van der Waals surface area contributed by atoms with E-state index >= 15 is 0 Å². The molecular weight excluding hydrogens is 308 g/mol. The fraction of sp³-hybridized carbons (Fsp3) is 0.600. The van der Waals surface area contributed by atoms with Crippen molar-refractivity contribution >= 4 is 15.9 Å². The van der Waals surface area contributed by atoms with Crippen LogP contribution in [0.2, 0.25) is 0 Å². The molecule has 2 saturated heterocycles. The van der Waals surface area contributed by atoms with Crippen LogP contribution < -0.4 is 11.2 Å². The second kappa shape index (κ2) is 4.02. The van der Waals surface area contributed by atoms with Crippen molar-refractivity contribution < 1.29 is 14.6 Å². The molecule has 1 aromatic rings. The minimum atomic E-state index is -0.595. The number of aromatic nitrogens is 2. The summed E-state index contributed by atoms with van der Waals surface area (Å²) in [5.74, 6) is 0. The van der Waals surface area contributed by atoms with E-state index < -0.39 is 23.6 Å². The van der Waals surface area contributed by atoms with Crippen LogP contribution in [0.25, 0.3) is 0 Å². The van der Waals surface area contributed by atoms with Crippen LogP contribution in [0, 0.1) is 0 Å². The lowest BCUT2D eigenvalue weighted by Gasteiger charge is -2.18. The summed E-state index contributed by atoms with van der Waals surface area (Å²) in [5.41, 5.74) is -0.873. The van der Waals surface area contributed by atoms with E-state index in [9.17, 15) is 9.59 Å². The van der Waals surface area contributed by atoms with Gasteiger partial charge < -0.3 is 14.6 Å². The Bertz CT molecular complexity index is 609. The highest BCUT2D eigenvalue weighted by Gasteiger charge is 2.58. The summed E-state index contributed by atoms with van der Waals surface area (Å²) >= 11 is 3.11. The molecule has 7 nitrogen and oxygen atoms in total. The molecule has 8 heteroatoms. The molecule has 0 bridgehead atoms. The fourth-order valence-corrected chi connectivity index (χ4v) is 2.69. The highest BCUT2D eigenvalue weighted by molar-refractivity contribution is 9.10. The maximum absolute atomic E-state index is 12.0. The number of epoxide rings is 1. The normalized spacial score (nSPS) is 33.5. The summed E-state index contributed by atoms with van der Waals surface area (Å²) in [6.45, 7) is -0.153. The lowest BCUT2D eigenvalue weighted by atomic mass is 10.2. The quantitative estimate of drug-likeness (QED) is 0.704. The van der Waals surface area contributed by atoms with Gasteiger partial charge in [-0.05, 0) is 15.9 Å². The van der Waals surface area contributed by atoms with Crippen LogP contribution >= 0.6 is 15.9 Å². The Morgan fingerprint density at radius 1 is 1.39 bits per heavy atom.